The predicted molar refractivity (Wildman–Crippen MR) is 103 cm³/mol. The third-order valence-corrected chi connectivity index (χ3v) is 5.19. The SMILES string of the molecule is CN(C)CCOc1ccccc1C(=O)NC1CCc2c(Br)cccc21. The third kappa shape index (κ3) is 4.22. The molecule has 0 saturated carbocycles. The van der Waals surface area contributed by atoms with Crippen LogP contribution in [-0.4, -0.2) is 38.1 Å². The zero-order valence-electron chi connectivity index (χ0n) is 14.6. The highest BCUT2D eigenvalue weighted by molar-refractivity contribution is 9.10. The number of benzene rings is 2. The van der Waals surface area contributed by atoms with Crippen LogP contribution in [0.15, 0.2) is 46.9 Å². The molecule has 0 spiro atoms. The van der Waals surface area contributed by atoms with E-state index in [0.29, 0.717) is 17.9 Å². The molecule has 1 amide bonds. The molecule has 0 fully saturated rings. The maximum atomic E-state index is 12.8. The molecule has 132 valence electrons. The van der Waals surface area contributed by atoms with Crippen LogP contribution >= 0.6 is 15.9 Å². The first-order valence-electron chi connectivity index (χ1n) is 8.51. The first kappa shape index (κ1) is 18.0. The Morgan fingerprint density at radius 3 is 2.84 bits per heavy atom. The Balaban J connectivity index is 1.72. The van der Waals surface area contributed by atoms with Crippen molar-refractivity contribution in [2.24, 2.45) is 0 Å². The monoisotopic (exact) mass is 402 g/mol. The van der Waals surface area contributed by atoms with Gasteiger partial charge in [0.15, 0.2) is 0 Å². The number of likely N-dealkylation sites (N-methyl/N-ethyl adjacent to an activating group) is 1. The lowest BCUT2D eigenvalue weighted by Gasteiger charge is -2.17. The Morgan fingerprint density at radius 1 is 1.24 bits per heavy atom. The van der Waals surface area contributed by atoms with Crippen LogP contribution in [0.2, 0.25) is 0 Å². The van der Waals surface area contributed by atoms with Crippen molar-refractivity contribution in [2.45, 2.75) is 18.9 Å². The molecule has 2 aromatic carbocycles. The van der Waals surface area contributed by atoms with Crippen molar-refractivity contribution >= 4 is 21.8 Å². The summed E-state index contributed by atoms with van der Waals surface area (Å²) in [5, 5.41) is 3.17. The number of nitrogens with one attached hydrogen (secondary N) is 1. The second kappa shape index (κ2) is 8.02. The molecule has 1 unspecified atom stereocenters. The molecule has 0 aromatic heterocycles. The largest absolute Gasteiger partial charge is 0.491 e. The number of para-hydroxylation sites is 1. The topological polar surface area (TPSA) is 41.6 Å². The quantitative estimate of drug-likeness (QED) is 0.798. The molecular weight excluding hydrogens is 380 g/mol. The van der Waals surface area contributed by atoms with Crippen molar-refractivity contribution in [3.63, 3.8) is 0 Å². The van der Waals surface area contributed by atoms with E-state index in [1.807, 2.05) is 44.4 Å². The highest BCUT2D eigenvalue weighted by Crippen LogP contribution is 2.36. The van der Waals surface area contributed by atoms with Gasteiger partial charge >= 0.3 is 0 Å². The summed E-state index contributed by atoms with van der Waals surface area (Å²) in [6.45, 7) is 1.36. The minimum atomic E-state index is -0.0849. The molecule has 0 bridgehead atoms. The highest BCUT2D eigenvalue weighted by atomic mass is 79.9. The van der Waals surface area contributed by atoms with E-state index < -0.39 is 0 Å². The predicted octanol–water partition coefficient (Wildman–Crippen LogP) is 3.81. The number of halogens is 1. The van der Waals surface area contributed by atoms with Crippen LogP contribution in [-0.2, 0) is 6.42 Å². The van der Waals surface area contributed by atoms with Gasteiger partial charge in [-0.1, -0.05) is 40.2 Å². The Labute approximate surface area is 157 Å². The van der Waals surface area contributed by atoms with Gasteiger partial charge in [0.05, 0.1) is 11.6 Å². The van der Waals surface area contributed by atoms with Gasteiger partial charge in [-0.2, -0.15) is 0 Å². The van der Waals surface area contributed by atoms with Crippen molar-refractivity contribution < 1.29 is 9.53 Å². The van der Waals surface area contributed by atoms with Gasteiger partial charge in [0.25, 0.3) is 5.91 Å². The fourth-order valence-corrected chi connectivity index (χ4v) is 3.69. The average Bonchev–Trinajstić information content (AvgIpc) is 2.99. The van der Waals surface area contributed by atoms with Crippen molar-refractivity contribution in [3.8, 4) is 5.75 Å². The zero-order valence-corrected chi connectivity index (χ0v) is 16.2. The molecule has 0 aliphatic heterocycles. The second-order valence-electron chi connectivity index (χ2n) is 6.52. The van der Waals surface area contributed by atoms with E-state index in [1.165, 1.54) is 11.1 Å². The molecule has 5 heteroatoms. The van der Waals surface area contributed by atoms with Crippen molar-refractivity contribution in [1.29, 1.82) is 0 Å². The van der Waals surface area contributed by atoms with Crippen LogP contribution in [0.1, 0.15) is 33.9 Å². The summed E-state index contributed by atoms with van der Waals surface area (Å²) in [6.07, 6.45) is 1.90. The van der Waals surface area contributed by atoms with Crippen LogP contribution in [0.5, 0.6) is 5.75 Å². The van der Waals surface area contributed by atoms with Gasteiger partial charge in [-0.05, 0) is 56.3 Å². The molecule has 1 aliphatic carbocycles. The van der Waals surface area contributed by atoms with E-state index in [9.17, 15) is 4.79 Å². The number of rotatable bonds is 6. The molecule has 0 saturated heterocycles. The van der Waals surface area contributed by atoms with E-state index in [1.54, 1.807) is 0 Å². The molecule has 1 atom stereocenters. The lowest BCUT2D eigenvalue weighted by Crippen LogP contribution is -2.28. The molecule has 1 aliphatic rings. The van der Waals surface area contributed by atoms with Gasteiger partial charge in [-0.15, -0.1) is 0 Å². The summed E-state index contributed by atoms with van der Waals surface area (Å²) in [7, 11) is 4.00. The van der Waals surface area contributed by atoms with Crippen LogP contribution < -0.4 is 10.1 Å². The first-order valence-corrected chi connectivity index (χ1v) is 9.30. The normalized spacial score (nSPS) is 15.9. The summed E-state index contributed by atoms with van der Waals surface area (Å²) in [4.78, 5) is 14.9. The van der Waals surface area contributed by atoms with Gasteiger partial charge in [-0.25, -0.2) is 0 Å². The Kier molecular flexibility index (Phi) is 5.76. The third-order valence-electron chi connectivity index (χ3n) is 4.45. The summed E-state index contributed by atoms with van der Waals surface area (Å²) in [5.74, 6) is 0.549. The molecule has 4 nitrogen and oxygen atoms in total. The van der Waals surface area contributed by atoms with E-state index >= 15 is 0 Å². The minimum absolute atomic E-state index is 0.0508. The number of hydrogen-bond acceptors (Lipinski definition) is 3. The number of fused-ring (bicyclic) bond motifs is 1. The zero-order chi connectivity index (χ0) is 17.8. The smallest absolute Gasteiger partial charge is 0.255 e. The number of amides is 1. The van der Waals surface area contributed by atoms with Crippen LogP contribution in [0.25, 0.3) is 0 Å². The van der Waals surface area contributed by atoms with E-state index in [-0.39, 0.29) is 11.9 Å². The maximum absolute atomic E-state index is 12.8. The number of carbonyl (C=O) groups is 1. The van der Waals surface area contributed by atoms with E-state index in [2.05, 4.69) is 38.3 Å². The summed E-state index contributed by atoms with van der Waals surface area (Å²) in [5.41, 5.74) is 3.08. The van der Waals surface area contributed by atoms with E-state index in [4.69, 9.17) is 4.74 Å². The summed E-state index contributed by atoms with van der Waals surface area (Å²) in [6, 6.07) is 13.6. The Morgan fingerprint density at radius 2 is 2.04 bits per heavy atom. The summed E-state index contributed by atoms with van der Waals surface area (Å²) >= 11 is 3.60. The van der Waals surface area contributed by atoms with Gasteiger partial charge in [0, 0.05) is 11.0 Å². The van der Waals surface area contributed by atoms with Crippen molar-refractivity contribution in [1.82, 2.24) is 10.2 Å². The average molecular weight is 403 g/mol. The van der Waals surface area contributed by atoms with Gasteiger partial charge < -0.3 is 15.0 Å². The number of hydrogen-bond donors (Lipinski definition) is 1. The number of carbonyl (C=O) groups excluding carboxylic acids is 1. The standard InChI is InChI=1S/C20H23BrN2O2/c1-23(2)12-13-25-19-9-4-3-6-16(19)20(24)22-18-11-10-14-15(18)7-5-8-17(14)21/h3-9,18H,10-13H2,1-2H3,(H,22,24). The number of nitrogens with zero attached hydrogens (tertiary/aromatic N) is 1. The van der Waals surface area contributed by atoms with Gasteiger partial charge in [0.2, 0.25) is 0 Å². The van der Waals surface area contributed by atoms with Gasteiger partial charge in [-0.3, -0.25) is 4.79 Å². The van der Waals surface area contributed by atoms with Gasteiger partial charge in [0.1, 0.15) is 12.4 Å². The van der Waals surface area contributed by atoms with Crippen molar-refractivity contribution in [2.75, 3.05) is 27.2 Å². The van der Waals surface area contributed by atoms with Crippen LogP contribution in [0.3, 0.4) is 0 Å². The van der Waals surface area contributed by atoms with E-state index in [0.717, 1.165) is 23.9 Å². The molecule has 1 N–H and O–H groups in total. The highest BCUT2D eigenvalue weighted by Gasteiger charge is 2.26. The fourth-order valence-electron chi connectivity index (χ4n) is 3.11. The lowest BCUT2D eigenvalue weighted by molar-refractivity contribution is 0.0932. The minimum Gasteiger partial charge on any atom is -0.491 e. The molecule has 3 rings (SSSR count). The molecule has 2 aromatic rings. The number of ether oxygens (including phenoxy) is 1. The first-order chi connectivity index (χ1) is 12.1. The molecule has 0 heterocycles. The summed E-state index contributed by atoms with van der Waals surface area (Å²) < 4.78 is 6.93. The maximum Gasteiger partial charge on any atom is 0.255 e. The molecule has 25 heavy (non-hydrogen) atoms. The van der Waals surface area contributed by atoms with Crippen LogP contribution in [0, 0.1) is 0 Å². The molecular formula is C20H23BrN2O2. The fraction of sp³-hybridized carbons (Fsp3) is 0.350. The van der Waals surface area contributed by atoms with Crippen LogP contribution in [0.4, 0.5) is 0 Å². The lowest BCUT2D eigenvalue weighted by atomic mass is 10.1. The molecule has 0 radical (unpaired) electrons. The Bertz CT molecular complexity index is 761. The van der Waals surface area contributed by atoms with Crippen molar-refractivity contribution in [3.05, 3.63) is 63.6 Å². The Hall–Kier alpha value is -1.85. The second-order valence-corrected chi connectivity index (χ2v) is 7.37.